The molecule has 3 heteroatoms. The summed E-state index contributed by atoms with van der Waals surface area (Å²) in [6, 6.07) is 16.2. The van der Waals surface area contributed by atoms with Gasteiger partial charge in [-0.25, -0.2) is 4.79 Å². The Morgan fingerprint density at radius 2 is 1.71 bits per heavy atom. The van der Waals surface area contributed by atoms with Crippen LogP contribution in [0.5, 0.6) is 0 Å². The van der Waals surface area contributed by atoms with E-state index in [1.165, 1.54) is 0 Å². The molecule has 2 aromatic carbocycles. The SMILES string of the molecule is C=CC(=O)OC(C)c1cccc(C(=O)c2ccccc2)c1. The van der Waals surface area contributed by atoms with Crippen molar-refractivity contribution in [1.82, 2.24) is 0 Å². The topological polar surface area (TPSA) is 43.4 Å². The van der Waals surface area contributed by atoms with Gasteiger partial charge >= 0.3 is 5.97 Å². The van der Waals surface area contributed by atoms with Crippen LogP contribution in [0, 0.1) is 0 Å². The molecule has 0 spiro atoms. The number of hydrogen-bond donors (Lipinski definition) is 0. The van der Waals surface area contributed by atoms with Crippen molar-refractivity contribution in [2.45, 2.75) is 13.0 Å². The molecule has 3 nitrogen and oxygen atoms in total. The first-order chi connectivity index (χ1) is 10.1. The third-order valence-corrected chi connectivity index (χ3v) is 3.11. The van der Waals surface area contributed by atoms with Crippen molar-refractivity contribution in [2.24, 2.45) is 0 Å². The summed E-state index contributed by atoms with van der Waals surface area (Å²) in [6.07, 6.45) is 0.689. The lowest BCUT2D eigenvalue weighted by Gasteiger charge is -2.13. The molecular formula is C18H16O3. The second-order valence-electron chi connectivity index (χ2n) is 4.60. The number of benzene rings is 2. The Kier molecular flexibility index (Phi) is 4.67. The van der Waals surface area contributed by atoms with Gasteiger partial charge in [0.05, 0.1) is 0 Å². The Labute approximate surface area is 123 Å². The predicted octanol–water partition coefficient (Wildman–Crippen LogP) is 3.71. The molecule has 0 aliphatic carbocycles. The van der Waals surface area contributed by atoms with Crippen molar-refractivity contribution in [2.75, 3.05) is 0 Å². The Morgan fingerprint density at radius 3 is 2.38 bits per heavy atom. The molecular weight excluding hydrogens is 264 g/mol. The van der Waals surface area contributed by atoms with Gasteiger partial charge in [-0.3, -0.25) is 4.79 Å². The second-order valence-corrected chi connectivity index (χ2v) is 4.60. The smallest absolute Gasteiger partial charge is 0.330 e. The first-order valence-electron chi connectivity index (χ1n) is 6.64. The Bertz CT molecular complexity index is 659. The lowest BCUT2D eigenvalue weighted by Crippen LogP contribution is -2.07. The van der Waals surface area contributed by atoms with Crippen LogP contribution < -0.4 is 0 Å². The lowest BCUT2D eigenvalue weighted by atomic mass is 10.00. The highest BCUT2D eigenvalue weighted by molar-refractivity contribution is 6.09. The molecule has 106 valence electrons. The molecule has 0 aromatic heterocycles. The van der Waals surface area contributed by atoms with Crippen LogP contribution in [0.2, 0.25) is 0 Å². The number of carbonyl (C=O) groups is 2. The number of rotatable bonds is 5. The zero-order valence-corrected chi connectivity index (χ0v) is 11.8. The number of esters is 1. The van der Waals surface area contributed by atoms with Gasteiger partial charge in [0.15, 0.2) is 5.78 Å². The van der Waals surface area contributed by atoms with Gasteiger partial charge < -0.3 is 4.74 Å². The predicted molar refractivity (Wildman–Crippen MR) is 81.0 cm³/mol. The van der Waals surface area contributed by atoms with Gasteiger partial charge in [-0.05, 0) is 18.6 Å². The zero-order valence-electron chi connectivity index (χ0n) is 11.8. The van der Waals surface area contributed by atoms with Crippen LogP contribution in [-0.2, 0) is 9.53 Å². The fourth-order valence-corrected chi connectivity index (χ4v) is 1.98. The summed E-state index contributed by atoms with van der Waals surface area (Å²) in [5, 5.41) is 0. The van der Waals surface area contributed by atoms with Gasteiger partial charge in [0, 0.05) is 17.2 Å². The van der Waals surface area contributed by atoms with Crippen LogP contribution in [0.4, 0.5) is 0 Å². The van der Waals surface area contributed by atoms with Crippen molar-refractivity contribution in [1.29, 1.82) is 0 Å². The molecule has 0 heterocycles. The molecule has 21 heavy (non-hydrogen) atoms. The summed E-state index contributed by atoms with van der Waals surface area (Å²) >= 11 is 0. The fraction of sp³-hybridized carbons (Fsp3) is 0.111. The van der Waals surface area contributed by atoms with E-state index in [1.807, 2.05) is 24.3 Å². The second kappa shape index (κ2) is 6.66. The van der Waals surface area contributed by atoms with Crippen LogP contribution >= 0.6 is 0 Å². The molecule has 0 amide bonds. The summed E-state index contributed by atoms with van der Waals surface area (Å²) in [5.41, 5.74) is 1.97. The molecule has 2 rings (SSSR count). The van der Waals surface area contributed by atoms with E-state index < -0.39 is 12.1 Å². The first kappa shape index (κ1) is 14.7. The van der Waals surface area contributed by atoms with Crippen LogP contribution in [0.15, 0.2) is 67.3 Å². The van der Waals surface area contributed by atoms with Gasteiger partial charge in [-0.2, -0.15) is 0 Å². The van der Waals surface area contributed by atoms with Gasteiger partial charge in [0.25, 0.3) is 0 Å². The Hall–Kier alpha value is -2.68. The van der Waals surface area contributed by atoms with Crippen molar-refractivity contribution in [3.63, 3.8) is 0 Å². The van der Waals surface area contributed by atoms with E-state index in [-0.39, 0.29) is 5.78 Å². The number of ether oxygens (including phenoxy) is 1. The lowest BCUT2D eigenvalue weighted by molar-refractivity contribution is -0.142. The minimum Gasteiger partial charge on any atom is -0.455 e. The molecule has 2 aromatic rings. The van der Waals surface area contributed by atoms with Gasteiger partial charge in [0.2, 0.25) is 0 Å². The van der Waals surface area contributed by atoms with E-state index in [0.29, 0.717) is 11.1 Å². The normalized spacial score (nSPS) is 11.5. The largest absolute Gasteiger partial charge is 0.455 e. The molecule has 0 saturated carbocycles. The molecule has 0 aliphatic rings. The molecule has 0 aliphatic heterocycles. The highest BCUT2D eigenvalue weighted by atomic mass is 16.5. The van der Waals surface area contributed by atoms with Gasteiger partial charge in [-0.1, -0.05) is 55.1 Å². The molecule has 0 radical (unpaired) electrons. The number of hydrogen-bond acceptors (Lipinski definition) is 3. The summed E-state index contributed by atoms with van der Waals surface area (Å²) in [4.78, 5) is 23.6. The van der Waals surface area contributed by atoms with Crippen LogP contribution in [0.1, 0.15) is 34.5 Å². The molecule has 1 atom stereocenters. The quantitative estimate of drug-likeness (QED) is 0.476. The molecule has 0 bridgehead atoms. The summed E-state index contributed by atoms with van der Waals surface area (Å²) in [7, 11) is 0. The average molecular weight is 280 g/mol. The van der Waals surface area contributed by atoms with E-state index in [0.717, 1.165) is 11.6 Å². The summed E-state index contributed by atoms with van der Waals surface area (Å²) in [6.45, 7) is 5.12. The van der Waals surface area contributed by atoms with Crippen molar-refractivity contribution < 1.29 is 14.3 Å². The van der Waals surface area contributed by atoms with E-state index in [9.17, 15) is 9.59 Å². The number of carbonyl (C=O) groups excluding carboxylic acids is 2. The number of ketones is 1. The van der Waals surface area contributed by atoms with Crippen LogP contribution in [0.25, 0.3) is 0 Å². The van der Waals surface area contributed by atoms with E-state index in [1.54, 1.807) is 37.3 Å². The van der Waals surface area contributed by atoms with E-state index in [2.05, 4.69) is 6.58 Å². The van der Waals surface area contributed by atoms with Crippen LogP contribution in [0.3, 0.4) is 0 Å². The maximum atomic E-state index is 12.4. The van der Waals surface area contributed by atoms with Crippen molar-refractivity contribution in [3.8, 4) is 0 Å². The molecule has 0 fully saturated rings. The maximum Gasteiger partial charge on any atom is 0.330 e. The summed E-state index contributed by atoms with van der Waals surface area (Å²) < 4.78 is 5.16. The van der Waals surface area contributed by atoms with Crippen LogP contribution in [-0.4, -0.2) is 11.8 Å². The van der Waals surface area contributed by atoms with Crippen molar-refractivity contribution >= 4 is 11.8 Å². The highest BCUT2D eigenvalue weighted by Gasteiger charge is 2.13. The van der Waals surface area contributed by atoms with Crippen molar-refractivity contribution in [3.05, 3.63) is 83.9 Å². The Balaban J connectivity index is 2.23. The minimum absolute atomic E-state index is 0.0558. The minimum atomic E-state index is -0.484. The fourth-order valence-electron chi connectivity index (χ4n) is 1.98. The monoisotopic (exact) mass is 280 g/mol. The standard InChI is InChI=1S/C18H16O3/c1-3-17(19)21-13(2)15-10-7-11-16(12-15)18(20)14-8-5-4-6-9-14/h3-13H,1H2,2H3. The van der Waals surface area contributed by atoms with E-state index in [4.69, 9.17) is 4.74 Å². The third-order valence-electron chi connectivity index (χ3n) is 3.11. The van der Waals surface area contributed by atoms with Gasteiger partial charge in [0.1, 0.15) is 6.10 Å². The third kappa shape index (κ3) is 3.66. The Morgan fingerprint density at radius 1 is 1.05 bits per heavy atom. The zero-order chi connectivity index (χ0) is 15.2. The summed E-state index contributed by atoms with van der Waals surface area (Å²) in [5.74, 6) is -0.540. The van der Waals surface area contributed by atoms with E-state index >= 15 is 0 Å². The average Bonchev–Trinajstić information content (AvgIpc) is 2.55. The highest BCUT2D eigenvalue weighted by Crippen LogP contribution is 2.20. The first-order valence-corrected chi connectivity index (χ1v) is 6.64. The van der Waals surface area contributed by atoms with Gasteiger partial charge in [-0.15, -0.1) is 0 Å². The maximum absolute atomic E-state index is 12.4. The molecule has 0 saturated heterocycles. The molecule has 1 unspecified atom stereocenters. The molecule has 0 N–H and O–H groups in total.